The van der Waals surface area contributed by atoms with Crippen LogP contribution < -0.4 is 15.0 Å². The number of benzene rings is 1. The maximum atomic E-state index is 12.6. The van der Waals surface area contributed by atoms with Gasteiger partial charge in [-0.25, -0.2) is 0 Å². The third-order valence-electron chi connectivity index (χ3n) is 4.71. The van der Waals surface area contributed by atoms with Crippen LogP contribution >= 0.6 is 0 Å². The van der Waals surface area contributed by atoms with E-state index in [1.165, 1.54) is 5.56 Å². The van der Waals surface area contributed by atoms with Crippen LogP contribution in [0.2, 0.25) is 0 Å². The number of aromatic nitrogens is 2. The summed E-state index contributed by atoms with van der Waals surface area (Å²) < 4.78 is 7.47. The average Bonchev–Trinajstić information content (AvgIpc) is 3.14. The molecular formula is C21H30N6O2. The molecule has 1 aromatic heterocycles. The van der Waals surface area contributed by atoms with Gasteiger partial charge in [-0.2, -0.15) is 5.10 Å². The Morgan fingerprint density at radius 1 is 1.28 bits per heavy atom. The third kappa shape index (κ3) is 5.73. The lowest BCUT2D eigenvalue weighted by Crippen LogP contribution is -2.55. The minimum absolute atomic E-state index is 0.0533. The molecule has 2 aromatic rings. The van der Waals surface area contributed by atoms with Crippen molar-refractivity contribution in [2.45, 2.75) is 20.3 Å². The molecule has 0 saturated carbocycles. The van der Waals surface area contributed by atoms with Crippen molar-refractivity contribution in [1.29, 1.82) is 0 Å². The molecule has 1 fully saturated rings. The van der Waals surface area contributed by atoms with E-state index in [-0.39, 0.29) is 5.91 Å². The highest BCUT2D eigenvalue weighted by atomic mass is 16.5. The number of aryl methyl sites for hydroxylation is 2. The number of anilines is 1. The first-order valence-electron chi connectivity index (χ1n) is 10.1. The Balaban J connectivity index is 1.49. The highest BCUT2D eigenvalue weighted by molar-refractivity contribution is 5.98. The van der Waals surface area contributed by atoms with Gasteiger partial charge < -0.3 is 19.9 Å². The molecule has 0 atom stereocenters. The van der Waals surface area contributed by atoms with Gasteiger partial charge >= 0.3 is 0 Å². The highest BCUT2D eigenvalue weighted by Crippen LogP contribution is 2.16. The third-order valence-corrected chi connectivity index (χ3v) is 4.71. The number of aliphatic imine (C=N–C) groups is 1. The first-order valence-corrected chi connectivity index (χ1v) is 10.1. The lowest BCUT2D eigenvalue weighted by molar-refractivity contribution is -0.120. The van der Waals surface area contributed by atoms with E-state index >= 15 is 0 Å². The van der Waals surface area contributed by atoms with E-state index in [1.807, 2.05) is 49.3 Å². The van der Waals surface area contributed by atoms with Crippen molar-refractivity contribution in [2.75, 3.05) is 44.2 Å². The molecule has 1 aliphatic rings. The number of rotatable bonds is 7. The van der Waals surface area contributed by atoms with Gasteiger partial charge in [-0.1, -0.05) is 17.7 Å². The summed E-state index contributed by atoms with van der Waals surface area (Å²) in [4.78, 5) is 21.1. The van der Waals surface area contributed by atoms with E-state index < -0.39 is 0 Å². The van der Waals surface area contributed by atoms with E-state index in [0.717, 1.165) is 36.9 Å². The number of amides is 1. The number of hydrogen-bond donors (Lipinski definition) is 1. The second-order valence-electron chi connectivity index (χ2n) is 7.09. The van der Waals surface area contributed by atoms with Gasteiger partial charge in [-0.3, -0.25) is 14.5 Å². The van der Waals surface area contributed by atoms with Gasteiger partial charge in [0.1, 0.15) is 12.3 Å². The summed E-state index contributed by atoms with van der Waals surface area (Å²) in [6, 6.07) is 8.05. The van der Waals surface area contributed by atoms with Gasteiger partial charge in [0.25, 0.3) is 0 Å². The second-order valence-corrected chi connectivity index (χ2v) is 7.09. The largest absolute Gasteiger partial charge is 0.494 e. The Bertz CT molecular complexity index is 830. The lowest BCUT2D eigenvalue weighted by Gasteiger charge is -2.35. The molecule has 2 heterocycles. The summed E-state index contributed by atoms with van der Waals surface area (Å²) in [6.45, 7) is 7.75. The fraction of sp³-hybridized carbons (Fsp3) is 0.476. The van der Waals surface area contributed by atoms with Crippen molar-refractivity contribution in [3.63, 3.8) is 0 Å². The van der Waals surface area contributed by atoms with Gasteiger partial charge in [0.2, 0.25) is 5.91 Å². The van der Waals surface area contributed by atoms with E-state index in [0.29, 0.717) is 26.2 Å². The molecule has 29 heavy (non-hydrogen) atoms. The predicted molar refractivity (Wildman–Crippen MR) is 114 cm³/mol. The van der Waals surface area contributed by atoms with Crippen molar-refractivity contribution in [2.24, 2.45) is 12.0 Å². The number of nitrogens with one attached hydrogen (secondary N) is 1. The van der Waals surface area contributed by atoms with Gasteiger partial charge in [0, 0.05) is 45.8 Å². The van der Waals surface area contributed by atoms with Crippen LogP contribution in [0.5, 0.6) is 5.75 Å². The normalized spacial score (nSPS) is 15.0. The summed E-state index contributed by atoms with van der Waals surface area (Å²) in [5, 5.41) is 7.45. The quantitative estimate of drug-likeness (QED) is 0.437. The van der Waals surface area contributed by atoms with Crippen LogP contribution in [-0.2, 0) is 11.8 Å². The Hall–Kier alpha value is -3.03. The number of nitrogens with zero attached hydrogens (tertiary/aromatic N) is 5. The number of ether oxygens (including phenoxy) is 1. The number of guanidine groups is 1. The zero-order chi connectivity index (χ0) is 20.6. The number of piperazine rings is 1. The molecule has 0 unspecified atom stereocenters. The summed E-state index contributed by atoms with van der Waals surface area (Å²) in [5.74, 6) is 1.71. The molecule has 1 aliphatic heterocycles. The predicted octanol–water partition coefficient (Wildman–Crippen LogP) is 1.81. The van der Waals surface area contributed by atoms with Crippen LogP contribution in [0.25, 0.3) is 0 Å². The summed E-state index contributed by atoms with van der Waals surface area (Å²) >= 11 is 0. The molecule has 1 N–H and O–H groups in total. The molecular weight excluding hydrogens is 368 g/mol. The molecule has 1 amide bonds. The van der Waals surface area contributed by atoms with Crippen molar-refractivity contribution in [3.05, 3.63) is 42.2 Å². The lowest BCUT2D eigenvalue weighted by atomic mass is 10.2. The fourth-order valence-electron chi connectivity index (χ4n) is 3.17. The van der Waals surface area contributed by atoms with Gasteiger partial charge in [0.05, 0.1) is 18.5 Å². The first kappa shape index (κ1) is 20.7. The zero-order valence-corrected chi connectivity index (χ0v) is 17.5. The molecule has 0 radical (unpaired) electrons. The smallest absolute Gasteiger partial charge is 0.246 e. The Morgan fingerprint density at radius 2 is 2.07 bits per heavy atom. The average molecular weight is 399 g/mol. The van der Waals surface area contributed by atoms with Crippen molar-refractivity contribution >= 4 is 17.6 Å². The molecule has 0 aliphatic carbocycles. The molecule has 0 spiro atoms. The standard InChI is InChI=1S/C21H30N6O2/c1-4-22-21(23-10-5-13-29-19-8-6-17(2)7-9-19)26-11-12-27(20(28)16-26)18-14-24-25(3)15-18/h6-9,14-15H,4-5,10-13,16H2,1-3H3,(H,22,23). The van der Waals surface area contributed by atoms with E-state index in [2.05, 4.69) is 22.3 Å². The van der Waals surface area contributed by atoms with Gasteiger partial charge in [0.15, 0.2) is 5.96 Å². The van der Waals surface area contributed by atoms with Crippen LogP contribution in [0, 0.1) is 6.92 Å². The van der Waals surface area contributed by atoms with Crippen LogP contribution in [0.1, 0.15) is 18.9 Å². The molecule has 8 heteroatoms. The van der Waals surface area contributed by atoms with Gasteiger partial charge in [-0.05, 0) is 26.0 Å². The van der Waals surface area contributed by atoms with Gasteiger partial charge in [-0.15, -0.1) is 0 Å². The van der Waals surface area contributed by atoms with Crippen molar-refractivity contribution < 1.29 is 9.53 Å². The summed E-state index contributed by atoms with van der Waals surface area (Å²) in [7, 11) is 1.85. The fourth-order valence-corrected chi connectivity index (χ4v) is 3.17. The Labute approximate surface area is 172 Å². The topological polar surface area (TPSA) is 75.0 Å². The van der Waals surface area contributed by atoms with Crippen molar-refractivity contribution in [3.8, 4) is 5.75 Å². The number of carbonyl (C=O) groups excluding carboxylic acids is 1. The van der Waals surface area contributed by atoms with Crippen LogP contribution in [-0.4, -0.2) is 65.9 Å². The maximum absolute atomic E-state index is 12.6. The molecule has 0 bridgehead atoms. The Morgan fingerprint density at radius 3 is 2.72 bits per heavy atom. The molecule has 3 rings (SSSR count). The summed E-state index contributed by atoms with van der Waals surface area (Å²) in [6.07, 6.45) is 4.40. The van der Waals surface area contributed by atoms with Crippen molar-refractivity contribution in [1.82, 2.24) is 20.0 Å². The number of carbonyl (C=O) groups is 1. The monoisotopic (exact) mass is 398 g/mol. The minimum atomic E-state index is 0.0533. The minimum Gasteiger partial charge on any atom is -0.494 e. The number of hydrogen-bond acceptors (Lipinski definition) is 4. The highest BCUT2D eigenvalue weighted by Gasteiger charge is 2.27. The SMILES string of the molecule is CCNC(=NCCCOc1ccc(C)cc1)N1CCN(c2cnn(C)c2)C(=O)C1. The maximum Gasteiger partial charge on any atom is 0.246 e. The van der Waals surface area contributed by atoms with E-state index in [4.69, 9.17) is 4.74 Å². The Kier molecular flexibility index (Phi) is 7.10. The molecule has 1 aromatic carbocycles. The van der Waals surface area contributed by atoms with Crippen LogP contribution in [0.4, 0.5) is 5.69 Å². The van der Waals surface area contributed by atoms with Crippen LogP contribution in [0.3, 0.4) is 0 Å². The van der Waals surface area contributed by atoms with Crippen LogP contribution in [0.15, 0.2) is 41.7 Å². The van der Waals surface area contributed by atoms with E-state index in [9.17, 15) is 4.79 Å². The molecule has 1 saturated heterocycles. The van der Waals surface area contributed by atoms with E-state index in [1.54, 1.807) is 15.8 Å². The first-order chi connectivity index (χ1) is 14.1. The second kappa shape index (κ2) is 9.95. The molecule has 8 nitrogen and oxygen atoms in total. The zero-order valence-electron chi connectivity index (χ0n) is 17.5. The molecule has 156 valence electrons. The summed E-state index contributed by atoms with van der Waals surface area (Å²) in [5.41, 5.74) is 2.06.